The lowest BCUT2D eigenvalue weighted by molar-refractivity contribution is 0.281. The van der Waals surface area contributed by atoms with E-state index in [1.807, 2.05) is 0 Å². The van der Waals surface area contributed by atoms with Gasteiger partial charge in [-0.2, -0.15) is 0 Å². The fourth-order valence-electron chi connectivity index (χ4n) is 3.01. The van der Waals surface area contributed by atoms with E-state index in [1.165, 1.54) is 25.8 Å². The van der Waals surface area contributed by atoms with E-state index in [1.54, 1.807) is 0 Å². The number of fused-ring (bicyclic) bond motifs is 2. The van der Waals surface area contributed by atoms with Crippen LogP contribution in [0.2, 0.25) is 0 Å². The molecule has 0 aromatic rings. The van der Waals surface area contributed by atoms with E-state index in [0.717, 1.165) is 24.9 Å². The molecule has 3 rings (SSSR count). The molecule has 0 unspecified atom stereocenters. The Morgan fingerprint density at radius 1 is 1.42 bits per heavy atom. The van der Waals surface area contributed by atoms with Crippen LogP contribution in [0.15, 0.2) is 11.9 Å². The monoisotopic (exact) mass is 167 g/mol. The molecule has 66 valence electrons. The van der Waals surface area contributed by atoms with E-state index >= 15 is 0 Å². The topological polar surface area (TPSA) is 3.24 Å². The molecule has 0 N–H and O–H groups in total. The van der Waals surface area contributed by atoms with Gasteiger partial charge in [-0.1, -0.05) is 0 Å². The van der Waals surface area contributed by atoms with Gasteiger partial charge in [0.25, 0.3) is 0 Å². The Kier molecular flexibility index (Phi) is 1.24. The van der Waals surface area contributed by atoms with Crippen LogP contribution in [0.25, 0.3) is 0 Å². The molecule has 2 heterocycles. The number of hydrogen-bond donors (Lipinski definition) is 0. The first-order valence-electron chi connectivity index (χ1n) is 4.86. The highest BCUT2D eigenvalue weighted by Crippen LogP contribution is 2.60. The highest BCUT2D eigenvalue weighted by Gasteiger charge is 2.57. The van der Waals surface area contributed by atoms with Gasteiger partial charge in [-0.25, -0.2) is 4.39 Å². The van der Waals surface area contributed by atoms with Crippen molar-refractivity contribution in [1.82, 2.24) is 4.90 Å². The maximum absolute atomic E-state index is 12.3. The van der Waals surface area contributed by atoms with Crippen molar-refractivity contribution in [1.29, 1.82) is 0 Å². The first kappa shape index (κ1) is 7.07. The lowest BCUT2D eigenvalue weighted by Gasteiger charge is -2.17. The number of nitrogens with zero attached hydrogens (tertiary/aromatic N) is 1. The normalized spacial score (nSPS) is 41.1. The Labute approximate surface area is 72.2 Å². The quantitative estimate of drug-likeness (QED) is 0.534. The van der Waals surface area contributed by atoms with Crippen LogP contribution in [0.5, 0.6) is 0 Å². The Morgan fingerprint density at radius 2 is 2.25 bits per heavy atom. The molecule has 0 amide bonds. The molecule has 1 spiro atoms. The molecule has 12 heavy (non-hydrogen) atoms. The number of hydrogen-bond acceptors (Lipinski definition) is 1. The summed E-state index contributed by atoms with van der Waals surface area (Å²) < 4.78 is 12.3. The third kappa shape index (κ3) is 0.764. The van der Waals surface area contributed by atoms with Crippen LogP contribution in [-0.2, 0) is 0 Å². The smallest absolute Gasteiger partial charge is 0.0872 e. The van der Waals surface area contributed by atoms with Crippen LogP contribution in [0.4, 0.5) is 4.39 Å². The minimum absolute atomic E-state index is 0.644. The van der Waals surface area contributed by atoms with Crippen LogP contribution >= 0.6 is 0 Å². The van der Waals surface area contributed by atoms with Gasteiger partial charge in [-0.05, 0) is 43.2 Å². The molecule has 0 aromatic carbocycles. The van der Waals surface area contributed by atoms with Gasteiger partial charge in [0, 0.05) is 12.6 Å². The molecule has 1 atom stereocenters. The predicted molar refractivity (Wildman–Crippen MR) is 45.5 cm³/mol. The summed E-state index contributed by atoms with van der Waals surface area (Å²) >= 11 is 0. The third-order valence-electron chi connectivity index (χ3n) is 3.95. The largest absolute Gasteiger partial charge is 0.295 e. The SMILES string of the molecule is F/C=C1/C[C@H]2N(CCC23CC3)C1. The average Bonchev–Trinajstić information content (AvgIpc) is 2.63. The summed E-state index contributed by atoms with van der Waals surface area (Å²) in [5.41, 5.74) is 1.66. The lowest BCUT2D eigenvalue weighted by Crippen LogP contribution is -2.26. The summed E-state index contributed by atoms with van der Waals surface area (Å²) in [6.07, 6.45) is 6.00. The van der Waals surface area contributed by atoms with Crippen molar-refractivity contribution in [2.75, 3.05) is 13.1 Å². The van der Waals surface area contributed by atoms with Gasteiger partial charge < -0.3 is 0 Å². The average molecular weight is 167 g/mol. The van der Waals surface area contributed by atoms with Gasteiger partial charge in [0.05, 0.1) is 6.33 Å². The first-order valence-corrected chi connectivity index (χ1v) is 4.86. The number of rotatable bonds is 0. The standard InChI is InChI=1S/C10H14FN/c11-6-8-5-9-10(1-2-10)3-4-12(9)7-8/h6,9H,1-5,7H2/b8-6-/t9-/m1/s1. The second kappa shape index (κ2) is 2.11. The third-order valence-corrected chi connectivity index (χ3v) is 3.95. The Morgan fingerprint density at radius 3 is 2.92 bits per heavy atom. The van der Waals surface area contributed by atoms with E-state index in [9.17, 15) is 4.39 Å². The fourth-order valence-corrected chi connectivity index (χ4v) is 3.01. The summed E-state index contributed by atoms with van der Waals surface area (Å²) in [6, 6.07) is 0.708. The Balaban J connectivity index is 1.86. The van der Waals surface area contributed by atoms with Gasteiger partial charge in [-0.15, -0.1) is 0 Å². The van der Waals surface area contributed by atoms with E-state index in [0.29, 0.717) is 11.5 Å². The molecule has 2 saturated heterocycles. The molecule has 1 saturated carbocycles. The summed E-state index contributed by atoms with van der Waals surface area (Å²) in [4.78, 5) is 2.47. The van der Waals surface area contributed by atoms with E-state index in [-0.39, 0.29) is 0 Å². The highest BCUT2D eigenvalue weighted by atomic mass is 19.1. The van der Waals surface area contributed by atoms with Gasteiger partial charge in [0.1, 0.15) is 0 Å². The van der Waals surface area contributed by atoms with Gasteiger partial charge >= 0.3 is 0 Å². The van der Waals surface area contributed by atoms with Crippen LogP contribution in [0.1, 0.15) is 25.7 Å². The zero-order valence-corrected chi connectivity index (χ0v) is 7.22. The minimum atomic E-state index is 0.644. The van der Waals surface area contributed by atoms with E-state index < -0.39 is 0 Å². The number of halogens is 1. The van der Waals surface area contributed by atoms with Gasteiger partial charge in [0.15, 0.2) is 0 Å². The molecular formula is C10H14FN. The molecule has 1 nitrogen and oxygen atoms in total. The minimum Gasteiger partial charge on any atom is -0.295 e. The van der Waals surface area contributed by atoms with Crippen LogP contribution in [-0.4, -0.2) is 24.0 Å². The van der Waals surface area contributed by atoms with Crippen LogP contribution in [0, 0.1) is 5.41 Å². The van der Waals surface area contributed by atoms with Crippen molar-refractivity contribution in [3.05, 3.63) is 11.9 Å². The molecule has 0 aromatic heterocycles. The molecular weight excluding hydrogens is 153 g/mol. The summed E-state index contributed by atoms with van der Waals surface area (Å²) in [7, 11) is 0. The second-order valence-corrected chi connectivity index (χ2v) is 4.57. The Hall–Kier alpha value is -0.370. The molecule has 3 fully saturated rings. The van der Waals surface area contributed by atoms with Crippen molar-refractivity contribution in [2.24, 2.45) is 5.41 Å². The molecule has 3 aliphatic rings. The summed E-state index contributed by atoms with van der Waals surface area (Å²) in [5.74, 6) is 0. The van der Waals surface area contributed by atoms with Crippen molar-refractivity contribution in [3.63, 3.8) is 0 Å². The fraction of sp³-hybridized carbons (Fsp3) is 0.800. The molecule has 2 heteroatoms. The second-order valence-electron chi connectivity index (χ2n) is 4.57. The zero-order chi connectivity index (χ0) is 8.18. The first-order chi connectivity index (χ1) is 5.84. The van der Waals surface area contributed by atoms with E-state index in [4.69, 9.17) is 0 Å². The highest BCUT2D eigenvalue weighted by molar-refractivity contribution is 5.20. The maximum Gasteiger partial charge on any atom is 0.0872 e. The summed E-state index contributed by atoms with van der Waals surface area (Å²) in [6.45, 7) is 2.12. The van der Waals surface area contributed by atoms with Crippen LogP contribution < -0.4 is 0 Å². The molecule has 0 radical (unpaired) electrons. The van der Waals surface area contributed by atoms with Gasteiger partial charge in [-0.3, -0.25) is 4.90 Å². The van der Waals surface area contributed by atoms with Crippen LogP contribution in [0.3, 0.4) is 0 Å². The lowest BCUT2D eigenvalue weighted by atomic mass is 9.94. The predicted octanol–water partition coefficient (Wildman–Crippen LogP) is 2.10. The van der Waals surface area contributed by atoms with Crippen molar-refractivity contribution in [3.8, 4) is 0 Å². The van der Waals surface area contributed by atoms with Crippen molar-refractivity contribution < 1.29 is 4.39 Å². The maximum atomic E-state index is 12.3. The van der Waals surface area contributed by atoms with Crippen molar-refractivity contribution in [2.45, 2.75) is 31.7 Å². The Bertz CT molecular complexity index is 242. The van der Waals surface area contributed by atoms with Gasteiger partial charge in [0.2, 0.25) is 0 Å². The zero-order valence-electron chi connectivity index (χ0n) is 7.22. The molecule has 1 aliphatic carbocycles. The van der Waals surface area contributed by atoms with Crippen molar-refractivity contribution >= 4 is 0 Å². The molecule has 2 aliphatic heterocycles. The van der Waals surface area contributed by atoms with E-state index in [2.05, 4.69) is 4.90 Å². The summed E-state index contributed by atoms with van der Waals surface area (Å²) in [5, 5.41) is 0. The molecule has 0 bridgehead atoms.